The van der Waals surface area contributed by atoms with Crippen molar-refractivity contribution >= 4 is 29.0 Å². The van der Waals surface area contributed by atoms with Crippen LogP contribution in [0.1, 0.15) is 21.7 Å². The molecule has 0 saturated carbocycles. The zero-order valence-electron chi connectivity index (χ0n) is 14.3. The lowest BCUT2D eigenvalue weighted by Gasteiger charge is -2.19. The first-order chi connectivity index (χ1) is 12.6. The summed E-state index contributed by atoms with van der Waals surface area (Å²) >= 11 is 0. The fraction of sp³-hybridized carbons (Fsp3) is 0.150. The number of hydrogen-bond acceptors (Lipinski definition) is 5. The van der Waals surface area contributed by atoms with Gasteiger partial charge in [0, 0.05) is 24.0 Å². The SMILES string of the molecule is Cc1nc(Nc2ccc(C(=O)O)cc2)cc(N2CCc3ccccc32)n1. The number of aryl methyl sites for hydroxylation is 1. The number of nitrogens with one attached hydrogen (secondary N) is 1. The van der Waals surface area contributed by atoms with Gasteiger partial charge in [-0.3, -0.25) is 0 Å². The molecule has 2 aromatic carbocycles. The second-order valence-electron chi connectivity index (χ2n) is 6.20. The first-order valence-corrected chi connectivity index (χ1v) is 8.42. The van der Waals surface area contributed by atoms with Gasteiger partial charge in [-0.25, -0.2) is 14.8 Å². The molecule has 2 N–H and O–H groups in total. The van der Waals surface area contributed by atoms with E-state index in [0.29, 0.717) is 11.6 Å². The molecule has 1 aliphatic rings. The number of carbonyl (C=O) groups is 1. The molecular weight excluding hydrogens is 328 g/mol. The van der Waals surface area contributed by atoms with E-state index in [9.17, 15) is 4.79 Å². The molecular formula is C20H18N4O2. The highest BCUT2D eigenvalue weighted by molar-refractivity contribution is 5.88. The van der Waals surface area contributed by atoms with Gasteiger partial charge in [0.05, 0.1) is 5.56 Å². The number of nitrogens with zero attached hydrogens (tertiary/aromatic N) is 3. The van der Waals surface area contributed by atoms with E-state index >= 15 is 0 Å². The molecule has 0 aliphatic carbocycles. The summed E-state index contributed by atoms with van der Waals surface area (Å²) in [4.78, 5) is 22.2. The summed E-state index contributed by atoms with van der Waals surface area (Å²) in [6, 6.07) is 16.9. The molecule has 0 saturated heterocycles. The van der Waals surface area contributed by atoms with Crippen LogP contribution in [0.2, 0.25) is 0 Å². The number of carboxylic acid groups (broad SMARTS) is 1. The molecule has 0 atom stereocenters. The van der Waals surface area contributed by atoms with Gasteiger partial charge in [-0.2, -0.15) is 0 Å². The molecule has 0 amide bonds. The van der Waals surface area contributed by atoms with Gasteiger partial charge in [0.15, 0.2) is 0 Å². The minimum atomic E-state index is -0.940. The number of benzene rings is 2. The second kappa shape index (κ2) is 6.48. The van der Waals surface area contributed by atoms with Crippen LogP contribution < -0.4 is 10.2 Å². The third kappa shape index (κ3) is 3.09. The quantitative estimate of drug-likeness (QED) is 0.745. The van der Waals surface area contributed by atoms with Gasteiger partial charge in [0.1, 0.15) is 17.5 Å². The van der Waals surface area contributed by atoms with Crippen molar-refractivity contribution in [2.24, 2.45) is 0 Å². The Morgan fingerprint density at radius 1 is 1.12 bits per heavy atom. The fourth-order valence-corrected chi connectivity index (χ4v) is 3.17. The smallest absolute Gasteiger partial charge is 0.335 e. The van der Waals surface area contributed by atoms with Crippen molar-refractivity contribution in [3.05, 3.63) is 71.5 Å². The highest BCUT2D eigenvalue weighted by Crippen LogP contribution is 2.34. The van der Waals surface area contributed by atoms with Crippen LogP contribution in [-0.2, 0) is 6.42 Å². The summed E-state index contributed by atoms with van der Waals surface area (Å²) in [5.41, 5.74) is 3.54. The molecule has 0 radical (unpaired) electrons. The normalized spacial score (nSPS) is 12.7. The van der Waals surface area contributed by atoms with Gasteiger partial charge in [-0.15, -0.1) is 0 Å². The minimum absolute atomic E-state index is 0.254. The molecule has 26 heavy (non-hydrogen) atoms. The largest absolute Gasteiger partial charge is 0.478 e. The maximum absolute atomic E-state index is 11.0. The first kappa shape index (κ1) is 16.1. The Bertz CT molecular complexity index is 970. The molecule has 0 unspecified atom stereocenters. The van der Waals surface area contributed by atoms with E-state index < -0.39 is 5.97 Å². The van der Waals surface area contributed by atoms with Crippen molar-refractivity contribution in [2.75, 3.05) is 16.8 Å². The second-order valence-corrected chi connectivity index (χ2v) is 6.20. The standard InChI is InChI=1S/C20H18N4O2/c1-13-21-18(23-16-8-6-15(7-9-16)20(25)26)12-19(22-13)24-11-10-14-4-2-3-5-17(14)24/h2-9,12H,10-11H2,1H3,(H,25,26)(H,21,22,23). The van der Waals surface area contributed by atoms with Crippen LogP contribution in [-0.4, -0.2) is 27.6 Å². The van der Waals surface area contributed by atoms with Crippen molar-refractivity contribution in [1.82, 2.24) is 9.97 Å². The van der Waals surface area contributed by atoms with Crippen LogP contribution in [0, 0.1) is 6.92 Å². The first-order valence-electron chi connectivity index (χ1n) is 8.42. The number of fused-ring (bicyclic) bond motifs is 1. The van der Waals surface area contributed by atoms with Gasteiger partial charge in [0.2, 0.25) is 0 Å². The number of aromatic carboxylic acids is 1. The molecule has 3 aromatic rings. The molecule has 2 heterocycles. The Balaban J connectivity index is 1.62. The van der Waals surface area contributed by atoms with Crippen molar-refractivity contribution < 1.29 is 9.90 Å². The van der Waals surface area contributed by atoms with Crippen molar-refractivity contribution in [2.45, 2.75) is 13.3 Å². The fourth-order valence-electron chi connectivity index (χ4n) is 3.17. The summed E-state index contributed by atoms with van der Waals surface area (Å²) in [5, 5.41) is 12.2. The molecule has 1 aliphatic heterocycles. The zero-order valence-corrected chi connectivity index (χ0v) is 14.3. The number of carboxylic acids is 1. The Morgan fingerprint density at radius 2 is 1.88 bits per heavy atom. The Hall–Kier alpha value is -3.41. The van der Waals surface area contributed by atoms with Crippen molar-refractivity contribution in [3.63, 3.8) is 0 Å². The molecule has 0 spiro atoms. The third-order valence-corrected chi connectivity index (χ3v) is 4.39. The number of rotatable bonds is 4. The summed E-state index contributed by atoms with van der Waals surface area (Å²) in [6.45, 7) is 2.76. The van der Waals surface area contributed by atoms with Crippen LogP contribution in [0.5, 0.6) is 0 Å². The van der Waals surface area contributed by atoms with E-state index in [0.717, 1.165) is 24.5 Å². The Kier molecular flexibility index (Phi) is 4.01. The predicted molar refractivity (Wildman–Crippen MR) is 101 cm³/mol. The van der Waals surface area contributed by atoms with Crippen LogP contribution >= 0.6 is 0 Å². The van der Waals surface area contributed by atoms with Crippen LogP contribution in [0.3, 0.4) is 0 Å². The number of para-hydroxylation sites is 1. The number of hydrogen-bond donors (Lipinski definition) is 2. The average Bonchev–Trinajstić information content (AvgIpc) is 3.06. The average molecular weight is 346 g/mol. The van der Waals surface area contributed by atoms with Crippen LogP contribution in [0.4, 0.5) is 23.0 Å². The molecule has 6 heteroatoms. The number of aromatic nitrogens is 2. The minimum Gasteiger partial charge on any atom is -0.478 e. The van der Waals surface area contributed by atoms with E-state index in [-0.39, 0.29) is 5.56 Å². The molecule has 1 aromatic heterocycles. The zero-order chi connectivity index (χ0) is 18.1. The lowest BCUT2D eigenvalue weighted by atomic mass is 10.2. The monoisotopic (exact) mass is 346 g/mol. The van der Waals surface area contributed by atoms with Crippen LogP contribution in [0.25, 0.3) is 0 Å². The van der Waals surface area contributed by atoms with Gasteiger partial charge >= 0.3 is 5.97 Å². The maximum atomic E-state index is 11.0. The third-order valence-electron chi connectivity index (χ3n) is 4.39. The summed E-state index contributed by atoms with van der Waals surface area (Å²) < 4.78 is 0. The van der Waals surface area contributed by atoms with E-state index in [1.54, 1.807) is 24.3 Å². The van der Waals surface area contributed by atoms with Crippen LogP contribution in [0.15, 0.2) is 54.6 Å². The van der Waals surface area contributed by atoms with E-state index in [2.05, 4.69) is 38.4 Å². The van der Waals surface area contributed by atoms with E-state index in [4.69, 9.17) is 5.11 Å². The van der Waals surface area contributed by atoms with Gasteiger partial charge < -0.3 is 15.3 Å². The van der Waals surface area contributed by atoms with Crippen molar-refractivity contribution in [1.29, 1.82) is 0 Å². The van der Waals surface area contributed by atoms with Gasteiger partial charge in [-0.1, -0.05) is 18.2 Å². The lowest BCUT2D eigenvalue weighted by Crippen LogP contribution is -2.16. The highest BCUT2D eigenvalue weighted by Gasteiger charge is 2.21. The Morgan fingerprint density at radius 3 is 2.65 bits per heavy atom. The van der Waals surface area contributed by atoms with Gasteiger partial charge in [0.25, 0.3) is 0 Å². The van der Waals surface area contributed by atoms with Gasteiger partial charge in [-0.05, 0) is 49.2 Å². The topological polar surface area (TPSA) is 78.3 Å². The summed E-state index contributed by atoms with van der Waals surface area (Å²) in [6.07, 6.45) is 0.999. The Labute approximate surface area is 151 Å². The van der Waals surface area contributed by atoms with E-state index in [1.165, 1.54) is 11.3 Å². The number of anilines is 4. The predicted octanol–water partition coefficient (Wildman–Crippen LogP) is 3.92. The molecule has 0 bridgehead atoms. The lowest BCUT2D eigenvalue weighted by molar-refractivity contribution is 0.0697. The summed E-state index contributed by atoms with van der Waals surface area (Å²) in [5.74, 6) is 1.27. The maximum Gasteiger partial charge on any atom is 0.335 e. The van der Waals surface area contributed by atoms with E-state index in [1.807, 2.05) is 19.1 Å². The van der Waals surface area contributed by atoms with Crippen molar-refractivity contribution in [3.8, 4) is 0 Å². The molecule has 4 rings (SSSR count). The molecule has 6 nitrogen and oxygen atoms in total. The molecule has 0 fully saturated rings. The summed E-state index contributed by atoms with van der Waals surface area (Å²) in [7, 11) is 0. The highest BCUT2D eigenvalue weighted by atomic mass is 16.4. The molecule has 130 valence electrons.